The van der Waals surface area contributed by atoms with E-state index in [9.17, 15) is 0 Å². The van der Waals surface area contributed by atoms with E-state index in [2.05, 4.69) is 33.4 Å². The van der Waals surface area contributed by atoms with Crippen LogP contribution in [0.3, 0.4) is 0 Å². The Morgan fingerprint density at radius 3 is 1.29 bits per heavy atom. The van der Waals surface area contributed by atoms with Crippen molar-refractivity contribution in [2.75, 3.05) is 0 Å². The summed E-state index contributed by atoms with van der Waals surface area (Å²) < 4.78 is 0. The molecule has 0 heterocycles. The Kier molecular flexibility index (Phi) is 7.89. The third-order valence-electron chi connectivity index (χ3n) is 0.965. The van der Waals surface area contributed by atoms with Crippen LogP contribution in [0.4, 0.5) is 0 Å². The average molecular weight is 112 g/mol. The third-order valence-corrected chi connectivity index (χ3v) is 1.56. The molecule has 0 aliphatic heterocycles. The second kappa shape index (κ2) is 5.09. The van der Waals surface area contributed by atoms with Crippen LogP contribution in [0.15, 0.2) is 0 Å². The summed E-state index contributed by atoms with van der Waals surface area (Å²) >= 11 is 4.19. The van der Waals surface area contributed by atoms with Crippen molar-refractivity contribution in [2.45, 2.75) is 26.0 Å². The molecule has 0 aliphatic rings. The fourth-order valence-electron chi connectivity index (χ4n) is 0. The summed E-state index contributed by atoms with van der Waals surface area (Å²) in [7, 11) is 0. The first kappa shape index (κ1) is 10.8. The van der Waals surface area contributed by atoms with Crippen LogP contribution in [-0.4, -0.2) is 24.1 Å². The third kappa shape index (κ3) is 6.95. The second-order valence-corrected chi connectivity index (χ2v) is 2.80. The number of thiol groups is 1. The standard InChI is InChI=1S/C5H12S.Li.H/c1-4(2)5(3)6;;/h4-6H,1-3H3;;. The molecule has 0 aromatic heterocycles. The van der Waals surface area contributed by atoms with Crippen molar-refractivity contribution in [1.82, 2.24) is 0 Å². The van der Waals surface area contributed by atoms with Gasteiger partial charge in [0.2, 0.25) is 0 Å². The van der Waals surface area contributed by atoms with Gasteiger partial charge in [-0.1, -0.05) is 20.8 Å². The minimum atomic E-state index is 0. The first-order chi connectivity index (χ1) is 2.64. The zero-order valence-electron chi connectivity index (χ0n) is 4.60. The van der Waals surface area contributed by atoms with E-state index in [1.807, 2.05) is 0 Å². The molecule has 1 unspecified atom stereocenters. The summed E-state index contributed by atoms with van der Waals surface area (Å²) in [5.41, 5.74) is 0. The van der Waals surface area contributed by atoms with E-state index in [0.717, 1.165) is 0 Å². The summed E-state index contributed by atoms with van der Waals surface area (Å²) in [6.45, 7) is 6.43. The normalized spacial score (nSPS) is 13.3. The van der Waals surface area contributed by atoms with Crippen LogP contribution in [0.5, 0.6) is 0 Å². The molecule has 0 radical (unpaired) electrons. The van der Waals surface area contributed by atoms with E-state index in [-0.39, 0.29) is 18.9 Å². The Morgan fingerprint density at radius 1 is 1.14 bits per heavy atom. The molecule has 0 aromatic carbocycles. The van der Waals surface area contributed by atoms with Gasteiger partial charge in [0.1, 0.15) is 0 Å². The Labute approximate surface area is 63.7 Å². The van der Waals surface area contributed by atoms with Gasteiger partial charge in [-0.05, 0) is 5.92 Å². The van der Waals surface area contributed by atoms with Gasteiger partial charge in [0.15, 0.2) is 0 Å². The van der Waals surface area contributed by atoms with Crippen LogP contribution < -0.4 is 0 Å². The van der Waals surface area contributed by atoms with Gasteiger partial charge in [-0.3, -0.25) is 0 Å². The number of hydrogen-bond acceptors (Lipinski definition) is 1. The van der Waals surface area contributed by atoms with Crippen molar-refractivity contribution < 1.29 is 0 Å². The molecule has 40 valence electrons. The Hall–Kier alpha value is 0.947. The van der Waals surface area contributed by atoms with Crippen molar-refractivity contribution in [3.05, 3.63) is 0 Å². The van der Waals surface area contributed by atoms with Crippen molar-refractivity contribution in [1.29, 1.82) is 0 Å². The molecular formula is C5H13LiS. The summed E-state index contributed by atoms with van der Waals surface area (Å²) in [5, 5.41) is 0.546. The van der Waals surface area contributed by atoms with Gasteiger partial charge >= 0.3 is 18.9 Å². The van der Waals surface area contributed by atoms with Gasteiger partial charge in [0.25, 0.3) is 0 Å². The topological polar surface area (TPSA) is 0 Å². The summed E-state index contributed by atoms with van der Waals surface area (Å²) in [6.07, 6.45) is 0. The summed E-state index contributed by atoms with van der Waals surface area (Å²) in [4.78, 5) is 0. The monoisotopic (exact) mass is 112 g/mol. The van der Waals surface area contributed by atoms with Gasteiger partial charge in [-0.2, -0.15) is 12.6 Å². The summed E-state index contributed by atoms with van der Waals surface area (Å²) in [5.74, 6) is 0.716. The molecule has 0 amide bonds. The first-order valence-electron chi connectivity index (χ1n) is 2.32. The molecule has 0 aromatic rings. The quantitative estimate of drug-likeness (QED) is 0.384. The van der Waals surface area contributed by atoms with Crippen LogP contribution >= 0.6 is 12.6 Å². The molecule has 0 rings (SSSR count). The van der Waals surface area contributed by atoms with E-state index in [0.29, 0.717) is 11.2 Å². The zero-order chi connectivity index (χ0) is 5.15. The Balaban J connectivity index is 0. The molecule has 0 aliphatic carbocycles. The van der Waals surface area contributed by atoms with Crippen molar-refractivity contribution in [3.8, 4) is 0 Å². The van der Waals surface area contributed by atoms with Crippen LogP contribution in [0, 0.1) is 5.92 Å². The van der Waals surface area contributed by atoms with Crippen LogP contribution in [0.1, 0.15) is 20.8 Å². The number of rotatable bonds is 1. The van der Waals surface area contributed by atoms with Gasteiger partial charge in [-0.25, -0.2) is 0 Å². The number of hydrogen-bond donors (Lipinski definition) is 1. The van der Waals surface area contributed by atoms with Gasteiger partial charge in [0.05, 0.1) is 0 Å². The molecule has 0 N–H and O–H groups in total. The van der Waals surface area contributed by atoms with Crippen LogP contribution in [0.25, 0.3) is 0 Å². The van der Waals surface area contributed by atoms with Crippen LogP contribution in [-0.2, 0) is 0 Å². The molecule has 7 heavy (non-hydrogen) atoms. The van der Waals surface area contributed by atoms with Gasteiger partial charge in [0, 0.05) is 5.25 Å². The van der Waals surface area contributed by atoms with E-state index in [1.54, 1.807) is 0 Å². The Bertz CT molecular complexity index is 29.1. The molecule has 0 nitrogen and oxygen atoms in total. The molecule has 2 heteroatoms. The van der Waals surface area contributed by atoms with Crippen molar-refractivity contribution in [3.63, 3.8) is 0 Å². The van der Waals surface area contributed by atoms with Gasteiger partial charge < -0.3 is 0 Å². The van der Waals surface area contributed by atoms with E-state index < -0.39 is 0 Å². The van der Waals surface area contributed by atoms with Gasteiger partial charge in [-0.15, -0.1) is 0 Å². The fraction of sp³-hybridized carbons (Fsp3) is 1.00. The van der Waals surface area contributed by atoms with Crippen molar-refractivity contribution in [2.24, 2.45) is 5.92 Å². The average Bonchev–Trinajstić information content (AvgIpc) is 1.36. The second-order valence-electron chi connectivity index (χ2n) is 1.98. The molecular weight excluding hydrogens is 99.1 g/mol. The molecule has 0 saturated heterocycles. The molecule has 1 atom stereocenters. The fourth-order valence-corrected chi connectivity index (χ4v) is 0. The molecule has 0 spiro atoms. The van der Waals surface area contributed by atoms with E-state index >= 15 is 0 Å². The predicted molar refractivity (Wildman–Crippen MR) is 40.4 cm³/mol. The van der Waals surface area contributed by atoms with E-state index in [1.165, 1.54) is 0 Å². The SMILES string of the molecule is CC(C)C(C)S.[LiH]. The molecule has 0 saturated carbocycles. The van der Waals surface area contributed by atoms with Crippen LogP contribution in [0.2, 0.25) is 0 Å². The van der Waals surface area contributed by atoms with Crippen molar-refractivity contribution >= 4 is 31.5 Å². The molecule has 0 fully saturated rings. The van der Waals surface area contributed by atoms with E-state index in [4.69, 9.17) is 0 Å². The molecule has 0 bridgehead atoms. The minimum absolute atomic E-state index is 0. The summed E-state index contributed by atoms with van der Waals surface area (Å²) in [6, 6.07) is 0. The maximum atomic E-state index is 4.19. The maximum absolute atomic E-state index is 4.19. The first-order valence-corrected chi connectivity index (χ1v) is 2.84. The Morgan fingerprint density at radius 2 is 1.29 bits per heavy atom. The predicted octanol–water partition coefficient (Wildman–Crippen LogP) is 1.31. The zero-order valence-corrected chi connectivity index (χ0v) is 5.50.